The molecule has 0 bridgehead atoms. The number of benzene rings is 1. The van der Waals surface area contributed by atoms with Crippen LogP contribution in [0.2, 0.25) is 0 Å². The summed E-state index contributed by atoms with van der Waals surface area (Å²) in [7, 11) is 0. The van der Waals surface area contributed by atoms with Crippen LogP contribution >= 0.6 is 0 Å². The lowest BCUT2D eigenvalue weighted by Gasteiger charge is -2.20. The Morgan fingerprint density at radius 1 is 1.26 bits per heavy atom. The van der Waals surface area contributed by atoms with E-state index in [2.05, 4.69) is 41.5 Å². The average Bonchev–Trinajstić information content (AvgIpc) is 2.82. The van der Waals surface area contributed by atoms with E-state index < -0.39 is 0 Å². The van der Waals surface area contributed by atoms with Crippen molar-refractivity contribution in [3.8, 4) is 0 Å². The first kappa shape index (κ1) is 12.2. The van der Waals surface area contributed by atoms with E-state index in [1.54, 1.807) is 0 Å². The molecule has 98 valence electrons. The summed E-state index contributed by atoms with van der Waals surface area (Å²) in [5, 5.41) is 3.70. The Labute approximate surface area is 113 Å². The third kappa shape index (κ3) is 2.47. The van der Waals surface area contributed by atoms with E-state index in [1.807, 2.05) is 18.5 Å². The highest BCUT2D eigenvalue weighted by Gasteiger charge is 2.23. The van der Waals surface area contributed by atoms with Crippen molar-refractivity contribution in [3.05, 3.63) is 59.4 Å². The van der Waals surface area contributed by atoms with Gasteiger partial charge in [0.25, 0.3) is 0 Å². The van der Waals surface area contributed by atoms with Gasteiger partial charge in [0, 0.05) is 30.2 Å². The van der Waals surface area contributed by atoms with Crippen LogP contribution in [-0.4, -0.2) is 4.98 Å². The van der Waals surface area contributed by atoms with Gasteiger partial charge in [-0.05, 0) is 60.7 Å². The van der Waals surface area contributed by atoms with Gasteiger partial charge >= 0.3 is 0 Å². The Morgan fingerprint density at radius 2 is 2.05 bits per heavy atom. The number of hydrogen-bond donors (Lipinski definition) is 2. The molecule has 0 aliphatic heterocycles. The van der Waals surface area contributed by atoms with Gasteiger partial charge in [-0.25, -0.2) is 0 Å². The van der Waals surface area contributed by atoms with Gasteiger partial charge in [-0.15, -0.1) is 0 Å². The van der Waals surface area contributed by atoms with E-state index in [0.717, 1.165) is 18.5 Å². The predicted octanol–water partition coefficient (Wildman–Crippen LogP) is 3.00. The zero-order valence-electron chi connectivity index (χ0n) is 11.1. The molecule has 1 heterocycles. The fraction of sp³-hybridized carbons (Fsp3) is 0.312. The van der Waals surface area contributed by atoms with E-state index in [0.29, 0.717) is 12.1 Å². The van der Waals surface area contributed by atoms with Crippen molar-refractivity contribution in [2.45, 2.75) is 31.8 Å². The topological polar surface area (TPSA) is 50.9 Å². The van der Waals surface area contributed by atoms with E-state index in [1.165, 1.54) is 16.7 Å². The number of nitrogens with two attached hydrogens (primary N) is 1. The fourth-order valence-corrected chi connectivity index (χ4v) is 2.86. The highest BCUT2D eigenvalue weighted by molar-refractivity contribution is 5.47. The van der Waals surface area contributed by atoms with Gasteiger partial charge in [0.15, 0.2) is 0 Å². The van der Waals surface area contributed by atoms with Crippen molar-refractivity contribution >= 4 is 5.69 Å². The van der Waals surface area contributed by atoms with Crippen molar-refractivity contribution in [2.24, 2.45) is 0 Å². The smallest absolute Gasteiger partial charge is 0.0331 e. The van der Waals surface area contributed by atoms with Crippen LogP contribution in [0, 0.1) is 0 Å². The Kier molecular flexibility index (Phi) is 3.22. The third-order valence-corrected chi connectivity index (χ3v) is 3.90. The summed E-state index contributed by atoms with van der Waals surface area (Å²) in [6, 6.07) is 11.2. The maximum atomic E-state index is 5.84. The number of rotatable bonds is 3. The second-order valence-electron chi connectivity index (χ2n) is 5.22. The van der Waals surface area contributed by atoms with E-state index in [4.69, 9.17) is 5.73 Å². The summed E-state index contributed by atoms with van der Waals surface area (Å²) in [5.41, 5.74) is 10.8. The monoisotopic (exact) mass is 253 g/mol. The second-order valence-corrected chi connectivity index (χ2v) is 5.22. The number of hydrogen-bond acceptors (Lipinski definition) is 3. The minimum atomic E-state index is 0.330. The molecule has 1 unspecified atom stereocenters. The second kappa shape index (κ2) is 5.02. The van der Waals surface area contributed by atoms with Gasteiger partial charge in [-0.1, -0.05) is 6.07 Å². The highest BCUT2D eigenvalue weighted by Crippen LogP contribution is 2.33. The minimum Gasteiger partial charge on any atom is -0.399 e. The van der Waals surface area contributed by atoms with Crippen LogP contribution in [0.1, 0.15) is 42.1 Å². The minimum absolute atomic E-state index is 0.330. The molecule has 3 nitrogen and oxygen atoms in total. The maximum absolute atomic E-state index is 5.84. The number of fused-ring (bicyclic) bond motifs is 1. The first-order valence-corrected chi connectivity index (χ1v) is 6.78. The van der Waals surface area contributed by atoms with E-state index in [9.17, 15) is 0 Å². The SMILES string of the molecule is C[C@@H](NC1CCc2cc(N)ccc21)c1ccncc1. The third-order valence-electron chi connectivity index (χ3n) is 3.90. The van der Waals surface area contributed by atoms with Gasteiger partial charge in [-0.2, -0.15) is 0 Å². The van der Waals surface area contributed by atoms with Crippen LogP contribution < -0.4 is 11.1 Å². The standard InChI is InChI=1S/C16H19N3/c1-11(12-6-8-18-9-7-12)19-16-5-2-13-10-14(17)3-4-15(13)16/h3-4,6-11,16,19H,2,5,17H2,1H3/t11-,16?/m1/s1. The van der Waals surface area contributed by atoms with Gasteiger partial charge in [0.2, 0.25) is 0 Å². The largest absolute Gasteiger partial charge is 0.399 e. The molecule has 1 aliphatic carbocycles. The molecular formula is C16H19N3. The van der Waals surface area contributed by atoms with Crippen molar-refractivity contribution < 1.29 is 0 Å². The molecule has 0 amide bonds. The lowest BCUT2D eigenvalue weighted by atomic mass is 10.0. The average molecular weight is 253 g/mol. The molecule has 0 spiro atoms. The Hall–Kier alpha value is -1.87. The fourth-order valence-electron chi connectivity index (χ4n) is 2.86. The van der Waals surface area contributed by atoms with Crippen LogP contribution in [0.25, 0.3) is 0 Å². The molecule has 2 aromatic rings. The first-order chi connectivity index (χ1) is 9.24. The molecule has 1 aromatic heterocycles. The zero-order chi connectivity index (χ0) is 13.2. The molecule has 3 heteroatoms. The molecule has 1 aliphatic rings. The summed E-state index contributed by atoms with van der Waals surface area (Å²) >= 11 is 0. The molecule has 0 saturated carbocycles. The summed E-state index contributed by atoms with van der Waals surface area (Å²) in [4.78, 5) is 4.06. The molecule has 0 saturated heterocycles. The number of nitrogens with one attached hydrogen (secondary N) is 1. The summed E-state index contributed by atoms with van der Waals surface area (Å²) < 4.78 is 0. The van der Waals surface area contributed by atoms with E-state index >= 15 is 0 Å². The predicted molar refractivity (Wildman–Crippen MR) is 77.7 cm³/mol. The molecule has 2 atom stereocenters. The number of nitrogens with zero attached hydrogens (tertiary/aromatic N) is 1. The van der Waals surface area contributed by atoms with Gasteiger partial charge in [0.05, 0.1) is 0 Å². The number of nitrogen functional groups attached to an aromatic ring is 1. The zero-order valence-corrected chi connectivity index (χ0v) is 11.1. The van der Waals surface area contributed by atoms with Crippen LogP contribution in [0.4, 0.5) is 5.69 Å². The molecular weight excluding hydrogens is 234 g/mol. The van der Waals surface area contributed by atoms with Gasteiger partial charge in [-0.3, -0.25) is 4.98 Å². The number of anilines is 1. The summed E-state index contributed by atoms with van der Waals surface area (Å²) in [6.07, 6.45) is 5.95. The van der Waals surface area contributed by atoms with Gasteiger partial charge < -0.3 is 11.1 Å². The van der Waals surface area contributed by atoms with Crippen LogP contribution in [-0.2, 0) is 6.42 Å². The van der Waals surface area contributed by atoms with Gasteiger partial charge in [0.1, 0.15) is 0 Å². The Bertz CT molecular complexity index is 565. The molecule has 19 heavy (non-hydrogen) atoms. The first-order valence-electron chi connectivity index (χ1n) is 6.78. The highest BCUT2D eigenvalue weighted by atomic mass is 15.0. The van der Waals surface area contributed by atoms with E-state index in [-0.39, 0.29) is 0 Å². The molecule has 0 radical (unpaired) electrons. The van der Waals surface area contributed by atoms with Crippen molar-refractivity contribution in [3.63, 3.8) is 0 Å². The quantitative estimate of drug-likeness (QED) is 0.827. The maximum Gasteiger partial charge on any atom is 0.0331 e. The summed E-state index contributed by atoms with van der Waals surface area (Å²) in [6.45, 7) is 2.20. The number of pyridine rings is 1. The van der Waals surface area contributed by atoms with Crippen LogP contribution in [0.5, 0.6) is 0 Å². The summed E-state index contributed by atoms with van der Waals surface area (Å²) in [5.74, 6) is 0. The van der Waals surface area contributed by atoms with Crippen molar-refractivity contribution in [1.29, 1.82) is 0 Å². The normalized spacial score (nSPS) is 19.1. The molecule has 3 N–H and O–H groups in total. The molecule has 3 rings (SSSR count). The van der Waals surface area contributed by atoms with Crippen LogP contribution in [0.15, 0.2) is 42.7 Å². The lowest BCUT2D eigenvalue weighted by Crippen LogP contribution is -2.23. The molecule has 1 aromatic carbocycles. The van der Waals surface area contributed by atoms with Crippen molar-refractivity contribution in [1.82, 2.24) is 10.3 Å². The molecule has 0 fully saturated rings. The Morgan fingerprint density at radius 3 is 2.84 bits per heavy atom. The number of aromatic nitrogens is 1. The Balaban J connectivity index is 1.76. The van der Waals surface area contributed by atoms with Crippen LogP contribution in [0.3, 0.4) is 0 Å². The number of aryl methyl sites for hydroxylation is 1. The lowest BCUT2D eigenvalue weighted by molar-refractivity contribution is 0.465. The van der Waals surface area contributed by atoms with Crippen molar-refractivity contribution in [2.75, 3.05) is 5.73 Å².